The highest BCUT2D eigenvalue weighted by atomic mass is 79.9. The van der Waals surface area contributed by atoms with Crippen LogP contribution in [0.2, 0.25) is 0 Å². The first-order valence-corrected chi connectivity index (χ1v) is 8.34. The van der Waals surface area contributed by atoms with Crippen molar-refractivity contribution in [1.82, 2.24) is 0 Å². The van der Waals surface area contributed by atoms with Crippen LogP contribution in [0.5, 0.6) is 0 Å². The molecule has 2 aromatic carbocycles. The van der Waals surface area contributed by atoms with E-state index in [4.69, 9.17) is 5.73 Å². The van der Waals surface area contributed by atoms with Gasteiger partial charge in [0.15, 0.2) is 0 Å². The lowest BCUT2D eigenvalue weighted by Gasteiger charge is -2.39. The molecule has 1 atom stereocenters. The van der Waals surface area contributed by atoms with Gasteiger partial charge in [0.05, 0.1) is 0 Å². The lowest BCUT2D eigenvalue weighted by atomic mass is 9.68. The van der Waals surface area contributed by atoms with Crippen LogP contribution >= 0.6 is 15.9 Å². The summed E-state index contributed by atoms with van der Waals surface area (Å²) in [6.45, 7) is 2.37. The number of fused-ring (bicyclic) bond motifs is 1. The van der Waals surface area contributed by atoms with Gasteiger partial charge in [-0.2, -0.15) is 0 Å². The molecule has 0 saturated heterocycles. The van der Waals surface area contributed by atoms with Crippen molar-refractivity contribution in [3.05, 3.63) is 46.4 Å². The van der Waals surface area contributed by atoms with Gasteiger partial charge in [0, 0.05) is 10.5 Å². The largest absolute Gasteiger partial charge is 0.323 e. The van der Waals surface area contributed by atoms with Crippen LogP contribution in [0, 0.1) is 5.41 Å². The predicted octanol–water partition coefficient (Wildman–Crippen LogP) is 5.57. The minimum atomic E-state index is 0.126. The fourth-order valence-corrected chi connectivity index (χ4v) is 4.08. The number of benzene rings is 2. The summed E-state index contributed by atoms with van der Waals surface area (Å²) in [5.74, 6) is 0. The van der Waals surface area contributed by atoms with Gasteiger partial charge in [-0.3, -0.25) is 0 Å². The minimum absolute atomic E-state index is 0.126. The van der Waals surface area contributed by atoms with Gasteiger partial charge in [-0.1, -0.05) is 72.4 Å². The van der Waals surface area contributed by atoms with E-state index in [9.17, 15) is 0 Å². The Hall–Kier alpha value is -0.860. The Morgan fingerprint density at radius 3 is 2.35 bits per heavy atom. The van der Waals surface area contributed by atoms with Crippen LogP contribution in [0.1, 0.15) is 50.6 Å². The van der Waals surface area contributed by atoms with Crippen molar-refractivity contribution in [2.24, 2.45) is 11.1 Å². The molecule has 2 N–H and O–H groups in total. The second-order valence-corrected chi connectivity index (χ2v) is 7.23. The zero-order valence-electron chi connectivity index (χ0n) is 12.0. The number of rotatable bonds is 2. The first-order chi connectivity index (χ1) is 9.62. The molecule has 1 nitrogen and oxygen atoms in total. The van der Waals surface area contributed by atoms with Crippen LogP contribution in [0.3, 0.4) is 0 Å². The molecule has 1 unspecified atom stereocenters. The molecule has 1 fully saturated rings. The maximum Gasteiger partial charge on any atom is 0.0355 e. The van der Waals surface area contributed by atoms with Crippen LogP contribution in [0.25, 0.3) is 10.8 Å². The molecule has 3 rings (SSSR count). The van der Waals surface area contributed by atoms with Crippen molar-refractivity contribution < 1.29 is 0 Å². The minimum Gasteiger partial charge on any atom is -0.323 e. The van der Waals surface area contributed by atoms with Crippen molar-refractivity contribution >= 4 is 26.7 Å². The fourth-order valence-electron chi connectivity index (χ4n) is 3.60. The summed E-state index contributed by atoms with van der Waals surface area (Å²) in [4.78, 5) is 0. The third kappa shape index (κ3) is 2.40. The number of hydrogen-bond acceptors (Lipinski definition) is 1. The van der Waals surface area contributed by atoms with Gasteiger partial charge in [0.2, 0.25) is 0 Å². The van der Waals surface area contributed by atoms with E-state index in [0.717, 1.165) is 4.47 Å². The van der Waals surface area contributed by atoms with E-state index in [1.54, 1.807) is 0 Å². The molecule has 0 aliphatic heterocycles. The smallest absolute Gasteiger partial charge is 0.0355 e. The van der Waals surface area contributed by atoms with Crippen LogP contribution < -0.4 is 5.73 Å². The normalized spacial score (nSPS) is 19.9. The first-order valence-electron chi connectivity index (χ1n) is 7.54. The average Bonchev–Trinajstić information content (AvgIpc) is 2.48. The highest BCUT2D eigenvalue weighted by molar-refractivity contribution is 9.10. The SMILES string of the molecule is CC1(C(N)c2ccc(Br)c3ccccc23)CCCCC1. The van der Waals surface area contributed by atoms with Gasteiger partial charge >= 0.3 is 0 Å². The third-order valence-electron chi connectivity index (χ3n) is 4.99. The summed E-state index contributed by atoms with van der Waals surface area (Å²) in [6.07, 6.45) is 6.50. The van der Waals surface area contributed by atoms with Gasteiger partial charge in [0.25, 0.3) is 0 Å². The van der Waals surface area contributed by atoms with E-state index >= 15 is 0 Å². The van der Waals surface area contributed by atoms with E-state index in [-0.39, 0.29) is 11.5 Å². The van der Waals surface area contributed by atoms with E-state index < -0.39 is 0 Å². The summed E-state index contributed by atoms with van der Waals surface area (Å²) in [5, 5.41) is 2.56. The van der Waals surface area contributed by atoms with Gasteiger partial charge in [-0.25, -0.2) is 0 Å². The van der Waals surface area contributed by atoms with Crippen molar-refractivity contribution in [3.63, 3.8) is 0 Å². The van der Waals surface area contributed by atoms with Crippen LogP contribution in [-0.2, 0) is 0 Å². The standard InChI is InChI=1S/C18H22BrN/c1-18(11-5-2-6-12-18)17(20)15-9-10-16(19)14-8-4-3-7-13(14)15/h3-4,7-10,17H,2,5-6,11-12,20H2,1H3. The summed E-state index contributed by atoms with van der Waals surface area (Å²) in [7, 11) is 0. The Morgan fingerprint density at radius 2 is 1.65 bits per heavy atom. The Balaban J connectivity index is 2.08. The summed E-state index contributed by atoms with van der Waals surface area (Å²) in [6, 6.07) is 13.0. The average molecular weight is 332 g/mol. The molecule has 1 aliphatic carbocycles. The summed E-state index contributed by atoms with van der Waals surface area (Å²) in [5.41, 5.74) is 8.25. The Labute approximate surface area is 129 Å². The Kier molecular flexibility index (Phi) is 3.87. The monoisotopic (exact) mass is 331 g/mol. The quantitative estimate of drug-likeness (QED) is 0.764. The molecule has 0 heterocycles. The molecule has 2 heteroatoms. The second-order valence-electron chi connectivity index (χ2n) is 6.37. The highest BCUT2D eigenvalue weighted by Crippen LogP contribution is 2.46. The molecule has 2 aromatic rings. The highest BCUT2D eigenvalue weighted by Gasteiger charge is 2.34. The zero-order valence-corrected chi connectivity index (χ0v) is 13.6. The lowest BCUT2D eigenvalue weighted by molar-refractivity contribution is 0.171. The van der Waals surface area contributed by atoms with Gasteiger partial charge in [0.1, 0.15) is 0 Å². The van der Waals surface area contributed by atoms with Crippen molar-refractivity contribution in [2.45, 2.75) is 45.1 Å². The molecule has 106 valence electrons. The number of halogens is 1. The van der Waals surface area contributed by atoms with Crippen LogP contribution in [-0.4, -0.2) is 0 Å². The van der Waals surface area contributed by atoms with Gasteiger partial charge in [-0.15, -0.1) is 0 Å². The topological polar surface area (TPSA) is 26.0 Å². The van der Waals surface area contributed by atoms with E-state index in [1.165, 1.54) is 48.4 Å². The first kappa shape index (κ1) is 14.1. The van der Waals surface area contributed by atoms with E-state index in [1.807, 2.05) is 0 Å². The molecule has 0 spiro atoms. The summed E-state index contributed by atoms with van der Waals surface area (Å²) >= 11 is 3.65. The molecule has 0 bridgehead atoms. The molecule has 0 aromatic heterocycles. The predicted molar refractivity (Wildman–Crippen MR) is 89.8 cm³/mol. The maximum absolute atomic E-state index is 6.70. The maximum atomic E-state index is 6.70. The molecule has 1 aliphatic rings. The second kappa shape index (κ2) is 5.50. The van der Waals surface area contributed by atoms with Crippen molar-refractivity contribution in [3.8, 4) is 0 Å². The lowest BCUT2D eigenvalue weighted by Crippen LogP contribution is -2.34. The molecule has 0 amide bonds. The fraction of sp³-hybridized carbons (Fsp3) is 0.444. The van der Waals surface area contributed by atoms with Crippen molar-refractivity contribution in [1.29, 1.82) is 0 Å². The molecule has 1 saturated carbocycles. The van der Waals surface area contributed by atoms with Crippen molar-refractivity contribution in [2.75, 3.05) is 0 Å². The third-order valence-corrected chi connectivity index (χ3v) is 5.68. The number of hydrogen-bond donors (Lipinski definition) is 1. The molecule has 20 heavy (non-hydrogen) atoms. The van der Waals surface area contributed by atoms with E-state index in [0.29, 0.717) is 0 Å². The number of nitrogens with two attached hydrogens (primary N) is 1. The molecular weight excluding hydrogens is 310 g/mol. The van der Waals surface area contributed by atoms with Crippen LogP contribution in [0.15, 0.2) is 40.9 Å². The van der Waals surface area contributed by atoms with Gasteiger partial charge < -0.3 is 5.73 Å². The Bertz CT molecular complexity index is 614. The van der Waals surface area contributed by atoms with E-state index in [2.05, 4.69) is 59.3 Å². The van der Waals surface area contributed by atoms with Gasteiger partial charge in [-0.05, 0) is 40.7 Å². The zero-order chi connectivity index (χ0) is 14.2. The molecular formula is C18H22BrN. The summed E-state index contributed by atoms with van der Waals surface area (Å²) < 4.78 is 1.15. The Morgan fingerprint density at radius 1 is 1.00 bits per heavy atom. The molecule has 0 radical (unpaired) electrons. The van der Waals surface area contributed by atoms with Crippen LogP contribution in [0.4, 0.5) is 0 Å².